The van der Waals surface area contributed by atoms with Crippen molar-refractivity contribution in [3.8, 4) is 5.75 Å². The van der Waals surface area contributed by atoms with Gasteiger partial charge in [0.25, 0.3) is 0 Å². The molecule has 21 heavy (non-hydrogen) atoms. The number of ether oxygens (including phenoxy) is 1. The number of benzene rings is 1. The van der Waals surface area contributed by atoms with Crippen molar-refractivity contribution < 1.29 is 19.4 Å². The van der Waals surface area contributed by atoms with E-state index in [1.54, 1.807) is 7.11 Å². The molecule has 1 aromatic rings. The Kier molecular flexibility index (Phi) is 4.83. The van der Waals surface area contributed by atoms with E-state index in [1.165, 1.54) is 0 Å². The highest BCUT2D eigenvalue weighted by Gasteiger charge is 2.38. The molecule has 5 nitrogen and oxygen atoms in total. The summed E-state index contributed by atoms with van der Waals surface area (Å²) in [6.07, 6.45) is 2.02. The number of amides is 1. The van der Waals surface area contributed by atoms with Crippen LogP contribution in [0.4, 0.5) is 0 Å². The van der Waals surface area contributed by atoms with Gasteiger partial charge in [0.15, 0.2) is 0 Å². The number of hydrogen-bond donors (Lipinski definition) is 2. The normalized spacial score (nSPS) is 22.6. The minimum atomic E-state index is -0.873. The van der Waals surface area contributed by atoms with Crippen LogP contribution in [0.3, 0.4) is 0 Å². The number of aliphatic carboxylic acids is 1. The summed E-state index contributed by atoms with van der Waals surface area (Å²) in [6.45, 7) is 1.89. The van der Waals surface area contributed by atoms with E-state index in [1.807, 2.05) is 31.2 Å². The Labute approximate surface area is 124 Å². The van der Waals surface area contributed by atoms with Crippen molar-refractivity contribution >= 4 is 11.9 Å². The Morgan fingerprint density at radius 1 is 1.33 bits per heavy atom. The van der Waals surface area contributed by atoms with E-state index in [2.05, 4.69) is 5.32 Å². The second kappa shape index (κ2) is 6.61. The molecule has 1 aliphatic rings. The van der Waals surface area contributed by atoms with Crippen LogP contribution in [-0.4, -0.2) is 24.1 Å². The molecule has 0 heterocycles. The first-order valence-electron chi connectivity index (χ1n) is 7.20. The third kappa shape index (κ3) is 3.54. The van der Waals surface area contributed by atoms with Gasteiger partial charge in [-0.15, -0.1) is 0 Å². The summed E-state index contributed by atoms with van der Waals surface area (Å²) in [7, 11) is 1.60. The van der Waals surface area contributed by atoms with Crippen molar-refractivity contribution in [1.82, 2.24) is 5.32 Å². The smallest absolute Gasteiger partial charge is 0.307 e. The van der Waals surface area contributed by atoms with E-state index in [0.29, 0.717) is 12.8 Å². The summed E-state index contributed by atoms with van der Waals surface area (Å²) in [5, 5.41) is 12.1. The number of carbonyl (C=O) groups is 2. The van der Waals surface area contributed by atoms with Crippen LogP contribution in [0.25, 0.3) is 0 Å². The van der Waals surface area contributed by atoms with E-state index in [-0.39, 0.29) is 11.9 Å². The van der Waals surface area contributed by atoms with Gasteiger partial charge in [-0.25, -0.2) is 0 Å². The molecule has 0 aliphatic heterocycles. The molecule has 0 aromatic heterocycles. The second-order valence-electron chi connectivity index (χ2n) is 5.49. The highest BCUT2D eigenvalue weighted by atomic mass is 16.5. The first-order valence-corrected chi connectivity index (χ1v) is 7.20. The van der Waals surface area contributed by atoms with Gasteiger partial charge in [0, 0.05) is 0 Å². The minimum absolute atomic E-state index is 0.171. The maximum atomic E-state index is 12.3. The van der Waals surface area contributed by atoms with Gasteiger partial charge in [-0.3, -0.25) is 9.59 Å². The lowest BCUT2D eigenvalue weighted by Gasteiger charge is -2.20. The molecule has 0 radical (unpaired) electrons. The zero-order valence-electron chi connectivity index (χ0n) is 12.3. The molecule has 1 amide bonds. The van der Waals surface area contributed by atoms with Crippen LogP contribution in [0.1, 0.15) is 37.8 Å². The van der Waals surface area contributed by atoms with E-state index >= 15 is 0 Å². The minimum Gasteiger partial charge on any atom is -0.497 e. The molecule has 3 atom stereocenters. The van der Waals surface area contributed by atoms with Crippen molar-refractivity contribution in [3.63, 3.8) is 0 Å². The van der Waals surface area contributed by atoms with E-state index < -0.39 is 17.8 Å². The van der Waals surface area contributed by atoms with Crippen LogP contribution < -0.4 is 10.1 Å². The zero-order valence-corrected chi connectivity index (χ0v) is 12.3. The number of carboxylic acids is 1. The molecule has 1 saturated carbocycles. The van der Waals surface area contributed by atoms with Crippen LogP contribution in [0, 0.1) is 11.8 Å². The van der Waals surface area contributed by atoms with Crippen LogP contribution in [0.15, 0.2) is 24.3 Å². The molecule has 2 rings (SSSR count). The van der Waals surface area contributed by atoms with Gasteiger partial charge in [0.2, 0.25) is 5.91 Å². The van der Waals surface area contributed by atoms with Crippen molar-refractivity contribution in [2.45, 2.75) is 32.2 Å². The predicted molar refractivity (Wildman–Crippen MR) is 78.0 cm³/mol. The number of methoxy groups -OCH3 is 1. The van der Waals surface area contributed by atoms with E-state index in [4.69, 9.17) is 9.84 Å². The van der Waals surface area contributed by atoms with Gasteiger partial charge in [0.1, 0.15) is 5.75 Å². The largest absolute Gasteiger partial charge is 0.497 e. The molecule has 0 saturated heterocycles. The first-order chi connectivity index (χ1) is 10.0. The van der Waals surface area contributed by atoms with Crippen molar-refractivity contribution in [2.75, 3.05) is 7.11 Å². The maximum absolute atomic E-state index is 12.3. The molecule has 0 bridgehead atoms. The van der Waals surface area contributed by atoms with Gasteiger partial charge in [-0.2, -0.15) is 0 Å². The van der Waals surface area contributed by atoms with Crippen molar-refractivity contribution in [1.29, 1.82) is 0 Å². The van der Waals surface area contributed by atoms with Gasteiger partial charge < -0.3 is 15.2 Å². The second-order valence-corrected chi connectivity index (χ2v) is 5.49. The molecular weight excluding hydrogens is 270 g/mol. The monoisotopic (exact) mass is 291 g/mol. The Bertz CT molecular complexity index is 529. The number of nitrogens with one attached hydrogen (secondary N) is 1. The average Bonchev–Trinajstić information content (AvgIpc) is 2.97. The summed E-state index contributed by atoms with van der Waals surface area (Å²) in [5.74, 6) is -1.28. The van der Waals surface area contributed by atoms with Gasteiger partial charge in [-0.1, -0.05) is 18.6 Å². The molecule has 5 heteroatoms. The molecule has 0 spiro atoms. The maximum Gasteiger partial charge on any atom is 0.307 e. The molecular formula is C16H21NO4. The molecule has 1 aromatic carbocycles. The van der Waals surface area contributed by atoms with E-state index in [9.17, 15) is 9.59 Å². The fraction of sp³-hybridized carbons (Fsp3) is 0.500. The summed E-state index contributed by atoms with van der Waals surface area (Å²) in [6, 6.07) is 7.31. The fourth-order valence-corrected chi connectivity index (χ4v) is 2.88. The van der Waals surface area contributed by atoms with Gasteiger partial charge >= 0.3 is 5.97 Å². The zero-order chi connectivity index (χ0) is 15.4. The Hall–Kier alpha value is -2.04. The van der Waals surface area contributed by atoms with Crippen molar-refractivity contribution in [3.05, 3.63) is 29.8 Å². The number of hydrogen-bond acceptors (Lipinski definition) is 3. The van der Waals surface area contributed by atoms with Gasteiger partial charge in [0.05, 0.1) is 25.0 Å². The summed E-state index contributed by atoms with van der Waals surface area (Å²) in [4.78, 5) is 23.5. The van der Waals surface area contributed by atoms with Crippen molar-refractivity contribution in [2.24, 2.45) is 11.8 Å². The topological polar surface area (TPSA) is 75.6 Å². The highest BCUT2D eigenvalue weighted by molar-refractivity contribution is 5.85. The standard InChI is InChI=1S/C16H21NO4/c1-10(11-5-3-6-12(9-11)21-2)17-15(18)13-7-4-8-14(13)16(19)20/h3,5-6,9-10,13-14H,4,7-8H2,1-2H3,(H,17,18)(H,19,20)/t10-,13+,14-/m0/s1. The summed E-state index contributed by atoms with van der Waals surface area (Å²) >= 11 is 0. The molecule has 1 fully saturated rings. The molecule has 2 N–H and O–H groups in total. The third-order valence-corrected chi connectivity index (χ3v) is 4.12. The Morgan fingerprint density at radius 3 is 2.71 bits per heavy atom. The lowest BCUT2D eigenvalue weighted by Crippen LogP contribution is -2.36. The van der Waals surface area contributed by atoms with E-state index in [0.717, 1.165) is 17.7 Å². The lowest BCUT2D eigenvalue weighted by atomic mass is 9.94. The van der Waals surface area contributed by atoms with Crippen LogP contribution in [0.2, 0.25) is 0 Å². The predicted octanol–water partition coefficient (Wildman–Crippen LogP) is 2.37. The van der Waals surface area contributed by atoms with Crippen LogP contribution in [-0.2, 0) is 9.59 Å². The third-order valence-electron chi connectivity index (χ3n) is 4.12. The number of rotatable bonds is 5. The fourth-order valence-electron chi connectivity index (χ4n) is 2.88. The number of carboxylic acid groups (broad SMARTS) is 1. The molecule has 1 aliphatic carbocycles. The first kappa shape index (κ1) is 15.4. The summed E-state index contributed by atoms with van der Waals surface area (Å²) < 4.78 is 5.17. The quantitative estimate of drug-likeness (QED) is 0.873. The van der Waals surface area contributed by atoms with Crippen LogP contribution >= 0.6 is 0 Å². The average molecular weight is 291 g/mol. The Balaban J connectivity index is 2.03. The summed E-state index contributed by atoms with van der Waals surface area (Å²) in [5.41, 5.74) is 0.938. The molecule has 114 valence electrons. The van der Waals surface area contributed by atoms with Gasteiger partial charge in [-0.05, 0) is 37.5 Å². The van der Waals surface area contributed by atoms with Crippen LogP contribution in [0.5, 0.6) is 5.75 Å². The lowest BCUT2D eigenvalue weighted by molar-refractivity contribution is -0.146. The Morgan fingerprint density at radius 2 is 2.05 bits per heavy atom. The number of carbonyl (C=O) groups excluding carboxylic acids is 1. The SMILES string of the molecule is COc1cccc([C@H](C)NC(=O)[C@@H]2CCC[C@@H]2C(=O)O)c1. The highest BCUT2D eigenvalue weighted by Crippen LogP contribution is 2.32. The molecule has 0 unspecified atom stereocenters.